The summed E-state index contributed by atoms with van der Waals surface area (Å²) in [5.41, 5.74) is 9.75. The Morgan fingerprint density at radius 2 is 0.952 bits per heavy atom. The smallest absolute Gasteiger partial charge is 0.128 e. The summed E-state index contributed by atoms with van der Waals surface area (Å²) in [7, 11) is 0. The number of likely N-dealkylation sites (tertiary alicyclic amines) is 2. The van der Waals surface area contributed by atoms with Crippen molar-refractivity contribution >= 4 is 0 Å². The van der Waals surface area contributed by atoms with Crippen LogP contribution in [0.1, 0.15) is 123 Å². The van der Waals surface area contributed by atoms with Gasteiger partial charge in [0.1, 0.15) is 11.5 Å². The van der Waals surface area contributed by atoms with Gasteiger partial charge in [0.15, 0.2) is 0 Å². The van der Waals surface area contributed by atoms with Crippen molar-refractivity contribution in [1.82, 2.24) is 9.80 Å². The van der Waals surface area contributed by atoms with E-state index in [0.717, 1.165) is 86.0 Å². The first-order chi connectivity index (χ1) is 20.7. The molecule has 2 N–H and O–H groups in total. The number of fused-ring (bicyclic) bond motifs is 4. The first-order valence-electron chi connectivity index (χ1n) is 17.9. The number of nitrogens with zero attached hydrogens (tertiary/aromatic N) is 2. The third-order valence-electron chi connectivity index (χ3n) is 12.7. The average Bonchev–Trinajstić information content (AvgIpc) is 3.63. The van der Waals surface area contributed by atoms with Gasteiger partial charge in [-0.2, -0.15) is 0 Å². The first-order valence-corrected chi connectivity index (χ1v) is 17.9. The fourth-order valence-electron chi connectivity index (χ4n) is 10.5. The van der Waals surface area contributed by atoms with Crippen LogP contribution in [0, 0.1) is 11.8 Å². The second kappa shape index (κ2) is 11.5. The molecule has 0 bridgehead atoms. The highest BCUT2D eigenvalue weighted by molar-refractivity contribution is 5.85. The van der Waals surface area contributed by atoms with Crippen LogP contribution in [0.25, 0.3) is 11.1 Å². The van der Waals surface area contributed by atoms with Crippen molar-refractivity contribution in [1.29, 1.82) is 0 Å². The van der Waals surface area contributed by atoms with Crippen molar-refractivity contribution in [2.24, 2.45) is 11.8 Å². The molecule has 0 radical (unpaired) electrons. The second-order valence-electron chi connectivity index (χ2n) is 15.0. The Morgan fingerprint density at radius 3 is 1.43 bits per heavy atom. The fraction of sp³-hybridized carbons (Fsp3) is 0.684. The number of aromatic hydroxyl groups is 2. The Labute approximate surface area is 253 Å². The minimum atomic E-state index is 0.476. The maximum absolute atomic E-state index is 12.3. The Balaban J connectivity index is 1.22. The lowest BCUT2D eigenvalue weighted by Crippen LogP contribution is -2.34. The van der Waals surface area contributed by atoms with Crippen molar-refractivity contribution in [2.45, 2.75) is 141 Å². The molecule has 0 spiro atoms. The van der Waals surface area contributed by atoms with Crippen molar-refractivity contribution < 1.29 is 10.2 Å². The Hall–Kier alpha value is -2.04. The van der Waals surface area contributed by atoms with E-state index in [-0.39, 0.29) is 0 Å². The lowest BCUT2D eigenvalue weighted by Gasteiger charge is -2.34. The molecule has 4 atom stereocenters. The van der Waals surface area contributed by atoms with E-state index in [4.69, 9.17) is 0 Å². The van der Waals surface area contributed by atoms with E-state index < -0.39 is 0 Å². The third kappa shape index (κ3) is 4.80. The number of benzene rings is 2. The number of hydrogen-bond acceptors (Lipinski definition) is 4. The van der Waals surface area contributed by atoms with Crippen LogP contribution in [-0.4, -0.2) is 45.2 Å². The normalized spacial score (nSPS) is 29.6. The van der Waals surface area contributed by atoms with Crippen LogP contribution in [0.2, 0.25) is 0 Å². The summed E-state index contributed by atoms with van der Waals surface area (Å²) < 4.78 is 0. The maximum atomic E-state index is 12.3. The van der Waals surface area contributed by atoms with Crippen LogP contribution in [0.5, 0.6) is 11.5 Å². The maximum Gasteiger partial charge on any atom is 0.128 e. The zero-order chi connectivity index (χ0) is 28.2. The van der Waals surface area contributed by atoms with Gasteiger partial charge in [0.25, 0.3) is 0 Å². The molecule has 4 nitrogen and oxygen atoms in total. The zero-order valence-corrected chi connectivity index (χ0v) is 25.8. The number of hydrogen-bond donors (Lipinski definition) is 2. The molecule has 4 aliphatic carbocycles. The van der Waals surface area contributed by atoms with Crippen LogP contribution in [0.15, 0.2) is 12.1 Å². The molecule has 0 amide bonds. The summed E-state index contributed by atoms with van der Waals surface area (Å²) in [5.74, 6) is 2.65. The van der Waals surface area contributed by atoms with Gasteiger partial charge in [-0.3, -0.25) is 9.80 Å². The SMILES string of the molecule is Oc1c(CN2CCC3CCCCC32)cc2c(c1-c1c(O)c(CN3CCC4CCCCC43)cc3c1CCCC3)CCCC2. The van der Waals surface area contributed by atoms with Gasteiger partial charge in [0, 0.05) is 47.4 Å². The molecule has 4 fully saturated rings. The quantitative estimate of drug-likeness (QED) is 0.383. The largest absolute Gasteiger partial charge is 0.507 e. The third-order valence-corrected chi connectivity index (χ3v) is 12.7. The van der Waals surface area contributed by atoms with E-state index in [1.54, 1.807) is 0 Å². The molecule has 0 aromatic heterocycles. The minimum absolute atomic E-state index is 0.476. The molecule has 42 heavy (non-hydrogen) atoms. The first kappa shape index (κ1) is 27.5. The standard InChI is InChI=1S/C38H52N2O2/c41-37-29(23-39-19-17-25-9-3-7-15-33(25)39)21-27-11-1-5-13-31(27)35(37)36-32-14-6-2-12-28(32)22-30(38(36)42)24-40-20-18-26-10-4-8-16-34(26)40/h21-22,25-26,33-34,41-42H,1-20,23-24H2. The molecule has 2 aromatic carbocycles. The summed E-state index contributed by atoms with van der Waals surface area (Å²) in [5, 5.41) is 24.5. The van der Waals surface area contributed by atoms with Gasteiger partial charge >= 0.3 is 0 Å². The lowest BCUT2D eigenvalue weighted by atomic mass is 9.78. The minimum Gasteiger partial charge on any atom is -0.507 e. The monoisotopic (exact) mass is 568 g/mol. The van der Waals surface area contributed by atoms with Crippen molar-refractivity contribution in [3.8, 4) is 22.6 Å². The van der Waals surface area contributed by atoms with Crippen LogP contribution in [0.4, 0.5) is 0 Å². The van der Waals surface area contributed by atoms with Gasteiger partial charge < -0.3 is 10.2 Å². The molecule has 6 aliphatic rings. The van der Waals surface area contributed by atoms with E-state index in [0.29, 0.717) is 23.6 Å². The summed E-state index contributed by atoms with van der Waals surface area (Å²) >= 11 is 0. The Morgan fingerprint density at radius 1 is 0.524 bits per heavy atom. The van der Waals surface area contributed by atoms with Crippen molar-refractivity contribution in [3.63, 3.8) is 0 Å². The van der Waals surface area contributed by atoms with E-state index in [2.05, 4.69) is 21.9 Å². The molecule has 2 saturated carbocycles. The summed E-state index contributed by atoms with van der Waals surface area (Å²) in [4.78, 5) is 5.38. The van der Waals surface area contributed by atoms with E-state index in [9.17, 15) is 10.2 Å². The summed E-state index contributed by atoms with van der Waals surface area (Å²) in [6, 6.07) is 6.10. The number of phenolic OH excluding ortho intramolecular Hbond substituents is 2. The van der Waals surface area contributed by atoms with Gasteiger partial charge in [0.05, 0.1) is 0 Å². The van der Waals surface area contributed by atoms with Crippen LogP contribution < -0.4 is 0 Å². The molecular weight excluding hydrogens is 516 g/mol. The van der Waals surface area contributed by atoms with Gasteiger partial charge in [-0.05, 0) is 137 Å². The molecule has 226 valence electrons. The van der Waals surface area contributed by atoms with Crippen LogP contribution >= 0.6 is 0 Å². The van der Waals surface area contributed by atoms with Gasteiger partial charge in [-0.15, -0.1) is 0 Å². The number of aryl methyl sites for hydroxylation is 2. The highest BCUT2D eigenvalue weighted by atomic mass is 16.3. The predicted molar refractivity (Wildman–Crippen MR) is 170 cm³/mol. The lowest BCUT2D eigenvalue weighted by molar-refractivity contribution is 0.174. The summed E-state index contributed by atoms with van der Waals surface area (Å²) in [6.45, 7) is 4.03. The van der Waals surface area contributed by atoms with Crippen molar-refractivity contribution in [3.05, 3.63) is 45.5 Å². The molecule has 2 aliphatic heterocycles. The van der Waals surface area contributed by atoms with E-state index in [1.807, 2.05) is 0 Å². The van der Waals surface area contributed by atoms with Gasteiger partial charge in [-0.25, -0.2) is 0 Å². The Kier molecular flexibility index (Phi) is 7.51. The number of rotatable bonds is 5. The molecule has 2 heterocycles. The molecule has 8 rings (SSSR count). The molecule has 2 saturated heterocycles. The highest BCUT2D eigenvalue weighted by Crippen LogP contribution is 2.50. The van der Waals surface area contributed by atoms with E-state index in [1.165, 1.54) is 112 Å². The van der Waals surface area contributed by atoms with Crippen LogP contribution in [0.3, 0.4) is 0 Å². The highest BCUT2D eigenvalue weighted by Gasteiger charge is 2.38. The molecule has 4 heteroatoms. The van der Waals surface area contributed by atoms with E-state index >= 15 is 0 Å². The topological polar surface area (TPSA) is 46.9 Å². The fourth-order valence-corrected chi connectivity index (χ4v) is 10.5. The average molecular weight is 569 g/mol. The van der Waals surface area contributed by atoms with Crippen molar-refractivity contribution in [2.75, 3.05) is 13.1 Å². The Bertz CT molecular complexity index is 1230. The van der Waals surface area contributed by atoms with Crippen LogP contribution in [-0.2, 0) is 38.8 Å². The summed E-state index contributed by atoms with van der Waals surface area (Å²) in [6.07, 6.45) is 22.6. The molecule has 2 aromatic rings. The predicted octanol–water partition coefficient (Wildman–Crippen LogP) is 8.05. The second-order valence-corrected chi connectivity index (χ2v) is 15.0. The molecular formula is C38H52N2O2. The number of phenols is 2. The van der Waals surface area contributed by atoms with Gasteiger partial charge in [-0.1, -0.05) is 37.8 Å². The van der Waals surface area contributed by atoms with Gasteiger partial charge in [0.2, 0.25) is 0 Å². The zero-order valence-electron chi connectivity index (χ0n) is 25.8. The molecule has 4 unspecified atom stereocenters.